The van der Waals surface area contributed by atoms with Crippen LogP contribution < -0.4 is 5.43 Å². The zero-order valence-electron chi connectivity index (χ0n) is 7.84. The second-order valence-corrected chi connectivity index (χ2v) is 3.14. The van der Waals surface area contributed by atoms with Gasteiger partial charge in [-0.25, -0.2) is 9.80 Å². The number of methoxy groups -OCH3 is 1. The Bertz CT molecular complexity index is 237. The summed E-state index contributed by atoms with van der Waals surface area (Å²) in [5.74, 6) is -0.255. The molecule has 1 rings (SSSR count). The van der Waals surface area contributed by atoms with E-state index in [0.717, 1.165) is 5.70 Å². The summed E-state index contributed by atoms with van der Waals surface area (Å²) in [5.41, 5.74) is 3.31. The molecule has 0 radical (unpaired) electrons. The highest BCUT2D eigenvalue weighted by Gasteiger charge is 2.40. The largest absolute Gasteiger partial charge is 0.467 e. The van der Waals surface area contributed by atoms with Gasteiger partial charge >= 0.3 is 5.97 Å². The van der Waals surface area contributed by atoms with E-state index in [9.17, 15) is 4.79 Å². The van der Waals surface area contributed by atoms with Gasteiger partial charge in [-0.1, -0.05) is 0 Å². The normalized spacial score (nSPS) is 29.5. The number of ether oxygens (including phenoxy) is 1. The number of hydrazine groups is 1. The number of esters is 1. The van der Waals surface area contributed by atoms with Crippen molar-refractivity contribution in [2.24, 2.45) is 0 Å². The highest BCUT2D eigenvalue weighted by Crippen LogP contribution is 2.22. The van der Waals surface area contributed by atoms with E-state index < -0.39 is 5.54 Å². The maximum Gasteiger partial charge on any atom is 0.331 e. The lowest BCUT2D eigenvalue weighted by atomic mass is 10.0. The Morgan fingerprint density at radius 3 is 2.67 bits per heavy atom. The summed E-state index contributed by atoms with van der Waals surface area (Å²) in [4.78, 5) is 11.3. The fourth-order valence-corrected chi connectivity index (χ4v) is 1.33. The second-order valence-electron chi connectivity index (χ2n) is 3.14. The van der Waals surface area contributed by atoms with Crippen molar-refractivity contribution < 1.29 is 9.53 Å². The summed E-state index contributed by atoms with van der Waals surface area (Å²) in [5, 5.41) is 1.73. The predicted octanol–water partition coefficient (Wildman–Crippen LogP) is 0.272. The molecule has 0 fully saturated rings. The first-order chi connectivity index (χ1) is 5.50. The molecule has 4 nitrogen and oxygen atoms in total. The molecule has 12 heavy (non-hydrogen) atoms. The summed E-state index contributed by atoms with van der Waals surface area (Å²) in [6.07, 6.45) is 1.85. The number of carbonyl (C=O) groups excluding carboxylic acids is 1. The standard InChI is InChI=1S/C8H14N2O2/c1-6-5-8(2,7(11)12-4)10(3)9-6/h5,9H,1-4H3. The molecule has 0 saturated carbocycles. The van der Waals surface area contributed by atoms with Crippen LogP contribution in [0.5, 0.6) is 0 Å². The van der Waals surface area contributed by atoms with Crippen LogP contribution in [0.2, 0.25) is 0 Å². The van der Waals surface area contributed by atoms with Gasteiger partial charge in [0.25, 0.3) is 0 Å². The SMILES string of the molecule is COC(=O)C1(C)C=C(C)NN1C. The molecule has 0 aromatic carbocycles. The molecule has 0 spiro atoms. The summed E-state index contributed by atoms with van der Waals surface area (Å²) in [6.45, 7) is 3.72. The molecule has 1 unspecified atom stereocenters. The molecule has 1 aliphatic heterocycles. The minimum absolute atomic E-state index is 0.255. The van der Waals surface area contributed by atoms with Gasteiger partial charge in [-0.15, -0.1) is 0 Å². The molecule has 0 saturated heterocycles. The first-order valence-corrected chi connectivity index (χ1v) is 3.79. The number of allylic oxidation sites excluding steroid dienone is 1. The van der Waals surface area contributed by atoms with Gasteiger partial charge in [0, 0.05) is 12.7 Å². The molecule has 0 aliphatic carbocycles. The number of hydrogen-bond acceptors (Lipinski definition) is 4. The van der Waals surface area contributed by atoms with E-state index in [2.05, 4.69) is 5.43 Å². The quantitative estimate of drug-likeness (QED) is 0.574. The molecule has 0 aromatic heterocycles. The van der Waals surface area contributed by atoms with Crippen molar-refractivity contribution in [2.75, 3.05) is 14.2 Å². The fraction of sp³-hybridized carbons (Fsp3) is 0.625. The fourth-order valence-electron chi connectivity index (χ4n) is 1.33. The van der Waals surface area contributed by atoms with E-state index >= 15 is 0 Å². The lowest BCUT2D eigenvalue weighted by Gasteiger charge is -2.27. The molecule has 1 atom stereocenters. The minimum Gasteiger partial charge on any atom is -0.467 e. The van der Waals surface area contributed by atoms with Crippen LogP contribution in [0.25, 0.3) is 0 Å². The molecule has 0 amide bonds. The molecule has 4 heteroatoms. The number of nitrogens with zero attached hydrogens (tertiary/aromatic N) is 1. The van der Waals surface area contributed by atoms with Gasteiger partial charge in [0.1, 0.15) is 0 Å². The Morgan fingerprint density at radius 2 is 2.33 bits per heavy atom. The van der Waals surface area contributed by atoms with Crippen molar-refractivity contribution in [3.63, 3.8) is 0 Å². The Kier molecular flexibility index (Phi) is 2.10. The van der Waals surface area contributed by atoms with E-state index in [-0.39, 0.29) is 5.97 Å². The van der Waals surface area contributed by atoms with Crippen LogP contribution in [0.4, 0.5) is 0 Å². The van der Waals surface area contributed by atoms with E-state index in [1.807, 2.05) is 27.0 Å². The lowest BCUT2D eigenvalue weighted by molar-refractivity contribution is -0.150. The number of nitrogens with one attached hydrogen (secondary N) is 1. The smallest absolute Gasteiger partial charge is 0.331 e. The number of hydrogen-bond donors (Lipinski definition) is 1. The molecule has 1 heterocycles. The third kappa shape index (κ3) is 1.18. The first-order valence-electron chi connectivity index (χ1n) is 3.79. The number of carbonyl (C=O) groups is 1. The summed E-state index contributed by atoms with van der Waals surface area (Å²) < 4.78 is 4.69. The molecule has 68 valence electrons. The van der Waals surface area contributed by atoms with Crippen LogP contribution in [0.3, 0.4) is 0 Å². The lowest BCUT2D eigenvalue weighted by Crippen LogP contribution is -2.50. The minimum atomic E-state index is -0.668. The van der Waals surface area contributed by atoms with Crippen molar-refractivity contribution in [3.05, 3.63) is 11.8 Å². The summed E-state index contributed by atoms with van der Waals surface area (Å²) >= 11 is 0. The van der Waals surface area contributed by atoms with Gasteiger partial charge < -0.3 is 10.2 Å². The highest BCUT2D eigenvalue weighted by atomic mass is 16.5. The van der Waals surface area contributed by atoms with Gasteiger partial charge in [-0.3, -0.25) is 0 Å². The Labute approximate surface area is 72.2 Å². The number of likely N-dealkylation sites (N-methyl/N-ethyl adjacent to an activating group) is 1. The monoisotopic (exact) mass is 170 g/mol. The third-order valence-corrected chi connectivity index (χ3v) is 2.14. The van der Waals surface area contributed by atoms with E-state index in [4.69, 9.17) is 4.74 Å². The average molecular weight is 170 g/mol. The maximum absolute atomic E-state index is 11.3. The van der Waals surface area contributed by atoms with Crippen LogP contribution in [-0.4, -0.2) is 30.7 Å². The van der Waals surface area contributed by atoms with Gasteiger partial charge in [-0.05, 0) is 19.9 Å². The highest BCUT2D eigenvalue weighted by molar-refractivity contribution is 5.83. The van der Waals surface area contributed by atoms with Gasteiger partial charge in [0.15, 0.2) is 5.54 Å². The number of rotatable bonds is 1. The summed E-state index contributed by atoms with van der Waals surface area (Å²) in [6, 6.07) is 0. The van der Waals surface area contributed by atoms with E-state index in [0.29, 0.717) is 0 Å². The zero-order chi connectivity index (χ0) is 9.35. The summed E-state index contributed by atoms with van der Waals surface area (Å²) in [7, 11) is 3.20. The van der Waals surface area contributed by atoms with Crippen molar-refractivity contribution >= 4 is 5.97 Å². The Hall–Kier alpha value is -1.03. The van der Waals surface area contributed by atoms with Crippen molar-refractivity contribution in [2.45, 2.75) is 19.4 Å². The van der Waals surface area contributed by atoms with Crippen molar-refractivity contribution in [1.82, 2.24) is 10.4 Å². The predicted molar refractivity (Wildman–Crippen MR) is 45.1 cm³/mol. The Balaban J connectivity index is 2.90. The van der Waals surface area contributed by atoms with Crippen LogP contribution >= 0.6 is 0 Å². The van der Waals surface area contributed by atoms with Crippen LogP contribution in [0, 0.1) is 0 Å². The van der Waals surface area contributed by atoms with Crippen molar-refractivity contribution in [3.8, 4) is 0 Å². The van der Waals surface area contributed by atoms with Gasteiger partial charge in [-0.2, -0.15) is 0 Å². The second kappa shape index (κ2) is 2.79. The molecular formula is C8H14N2O2. The molecule has 0 bridgehead atoms. The average Bonchev–Trinajstić information content (AvgIpc) is 2.26. The third-order valence-electron chi connectivity index (χ3n) is 2.14. The molecule has 1 aliphatic rings. The molecule has 0 aromatic rings. The first kappa shape index (κ1) is 9.06. The van der Waals surface area contributed by atoms with Crippen LogP contribution in [0.15, 0.2) is 11.8 Å². The van der Waals surface area contributed by atoms with Crippen molar-refractivity contribution in [1.29, 1.82) is 0 Å². The van der Waals surface area contributed by atoms with E-state index in [1.54, 1.807) is 5.01 Å². The Morgan fingerprint density at radius 1 is 1.75 bits per heavy atom. The van der Waals surface area contributed by atoms with Crippen LogP contribution in [-0.2, 0) is 9.53 Å². The van der Waals surface area contributed by atoms with Gasteiger partial charge in [0.05, 0.1) is 7.11 Å². The van der Waals surface area contributed by atoms with Crippen LogP contribution in [0.1, 0.15) is 13.8 Å². The molecule has 1 N–H and O–H groups in total. The molecular weight excluding hydrogens is 156 g/mol. The maximum atomic E-state index is 11.3. The van der Waals surface area contributed by atoms with E-state index in [1.165, 1.54) is 7.11 Å². The topological polar surface area (TPSA) is 41.6 Å². The van der Waals surface area contributed by atoms with Gasteiger partial charge in [0.2, 0.25) is 0 Å². The zero-order valence-corrected chi connectivity index (χ0v) is 7.84.